The zero-order valence-corrected chi connectivity index (χ0v) is 23.8. The van der Waals surface area contributed by atoms with E-state index in [0.717, 1.165) is 5.75 Å². The van der Waals surface area contributed by atoms with Crippen LogP contribution >= 0.6 is 11.8 Å². The van der Waals surface area contributed by atoms with Gasteiger partial charge in [0.05, 0.1) is 0 Å². The number of rotatable bonds is 12. The number of thioether (sulfide) groups is 1. The summed E-state index contributed by atoms with van der Waals surface area (Å²) in [5, 5.41) is 0. The molecule has 37 heavy (non-hydrogen) atoms. The van der Waals surface area contributed by atoms with E-state index >= 15 is 0 Å². The van der Waals surface area contributed by atoms with E-state index in [2.05, 4.69) is 73.3 Å². The van der Waals surface area contributed by atoms with Crippen LogP contribution in [-0.4, -0.2) is 18.8 Å². The van der Waals surface area contributed by atoms with Crippen LogP contribution in [0.15, 0.2) is 54.6 Å². The van der Waals surface area contributed by atoms with Gasteiger partial charge in [-0.3, -0.25) is 0 Å². The molecule has 196 valence electrons. The van der Waals surface area contributed by atoms with Gasteiger partial charge in [0.15, 0.2) is 0 Å². The van der Waals surface area contributed by atoms with Crippen molar-refractivity contribution in [2.45, 2.75) is 97.9 Å². The molecule has 0 saturated carbocycles. The number of carbonyl (C=O) groups excluding carboxylic acids is 1. The van der Waals surface area contributed by atoms with Crippen molar-refractivity contribution in [2.75, 3.05) is 12.9 Å². The van der Waals surface area contributed by atoms with E-state index in [-0.39, 0.29) is 10.7 Å². The van der Waals surface area contributed by atoms with Gasteiger partial charge in [0.25, 0.3) is 0 Å². The Morgan fingerprint density at radius 3 is 2.00 bits per heavy atom. The fourth-order valence-electron chi connectivity index (χ4n) is 20.8. The van der Waals surface area contributed by atoms with Gasteiger partial charge in [-0.1, -0.05) is 0 Å². The van der Waals surface area contributed by atoms with Gasteiger partial charge in [-0.2, -0.15) is 0 Å². The molecule has 2 nitrogen and oxygen atoms in total. The Bertz CT molecular complexity index is 1710. The van der Waals surface area contributed by atoms with E-state index in [0.29, 0.717) is 10.7 Å². The van der Waals surface area contributed by atoms with Gasteiger partial charge >= 0.3 is 216 Å². The molecule has 0 amide bonds. The Kier molecular flexibility index (Phi) is 1.67. The van der Waals surface area contributed by atoms with E-state index in [9.17, 15) is 4.79 Å². The maximum absolute atomic E-state index is 12.3. The quantitative estimate of drug-likeness (QED) is 0.149. The molecule has 10 heterocycles. The molecular weight excluding hydrogens is 516 g/mol. The monoisotopic (exact) mass is 554 g/mol. The van der Waals surface area contributed by atoms with Crippen LogP contribution < -0.4 is 0 Å². The first-order valence-corrected chi connectivity index (χ1v) is 22.2. The molecule has 4 heteroatoms. The van der Waals surface area contributed by atoms with Crippen LogP contribution in [0.25, 0.3) is 0 Å². The zero-order valence-electron chi connectivity index (χ0n) is 21.9. The van der Waals surface area contributed by atoms with Crippen molar-refractivity contribution in [1.82, 2.24) is 0 Å². The fourth-order valence-corrected chi connectivity index (χ4v) is 99.3. The van der Waals surface area contributed by atoms with Crippen LogP contribution in [0.2, 0.25) is 47.7 Å². The van der Waals surface area contributed by atoms with E-state index in [1.165, 1.54) is 81.0 Å². The van der Waals surface area contributed by atoms with E-state index in [1.807, 2.05) is 0 Å². The van der Waals surface area contributed by atoms with Crippen molar-refractivity contribution in [1.29, 1.82) is 0 Å². The first-order chi connectivity index (χ1) is 17.9. The van der Waals surface area contributed by atoms with Gasteiger partial charge in [0, 0.05) is 0 Å². The number of unbranched alkanes of at least 4 members (excludes halogenated alkanes) is 3. The molecule has 10 aliphatic heterocycles. The SMILES string of the molecule is CCCCCCc1ccc(C(SCCC(=O)OC)(c2ccccc2)[C]23[CH]4[CH]5[CH]6[CH]2[Fe]56432789[CH]3[CH]2[CH]7[CH]8[CH]39)cc1. The second-order valence-electron chi connectivity index (χ2n) is 16.4. The van der Waals surface area contributed by atoms with E-state index in [4.69, 9.17) is 4.74 Å². The first kappa shape index (κ1) is 19.8. The number of hydrogen-bond acceptors (Lipinski definition) is 3. The predicted molar refractivity (Wildman–Crippen MR) is 147 cm³/mol. The third-order valence-corrected chi connectivity index (χ3v) is 64.2. The average Bonchev–Trinajstić information content (AvgIpc) is 3.88. The van der Waals surface area contributed by atoms with Crippen molar-refractivity contribution in [2.24, 2.45) is 0 Å². The van der Waals surface area contributed by atoms with Crippen LogP contribution in [0.5, 0.6) is 0 Å². The molecule has 0 bridgehead atoms. The third-order valence-electron chi connectivity index (χ3n) is 19.9. The number of esters is 1. The minimum atomic E-state index is -3.52. The van der Waals surface area contributed by atoms with Crippen molar-refractivity contribution in [3.63, 3.8) is 0 Å². The Hall–Kier alpha value is -1.22. The Balaban J connectivity index is 1.04. The summed E-state index contributed by atoms with van der Waals surface area (Å²) in [6.45, 7) is -1.22. The van der Waals surface area contributed by atoms with E-state index < -0.39 is 6.51 Å². The number of benzene rings is 2. The molecule has 10 aliphatic rings. The molecule has 1 spiro atoms. The van der Waals surface area contributed by atoms with Gasteiger partial charge in [-0.05, 0) is 0 Å². The molecule has 5 unspecified atom stereocenters. The van der Waals surface area contributed by atoms with Gasteiger partial charge in [-0.25, -0.2) is 0 Å². The number of aryl methyl sites for hydroxylation is 1. The summed E-state index contributed by atoms with van der Waals surface area (Å²) < 4.78 is 5.82. The van der Waals surface area contributed by atoms with Crippen molar-refractivity contribution >= 4 is 17.7 Å². The van der Waals surface area contributed by atoms with Gasteiger partial charge in [0.2, 0.25) is 0 Å². The summed E-state index contributed by atoms with van der Waals surface area (Å²) in [4.78, 5) is 23.7. The summed E-state index contributed by atoms with van der Waals surface area (Å²) in [6, 6.07) is 21.8. The molecule has 2 aromatic rings. The van der Waals surface area contributed by atoms with Crippen molar-refractivity contribution in [3.8, 4) is 0 Å². The fraction of sp³-hybridized carbons (Fsp3) is 0.606. The zero-order chi connectivity index (χ0) is 24.5. The van der Waals surface area contributed by atoms with Gasteiger partial charge in [-0.15, -0.1) is 0 Å². The topological polar surface area (TPSA) is 26.3 Å². The number of hydrogen-bond donors (Lipinski definition) is 0. The Morgan fingerprint density at radius 2 is 1.49 bits per heavy atom. The van der Waals surface area contributed by atoms with Gasteiger partial charge < -0.3 is 0 Å². The molecule has 2 aromatic carbocycles. The molecule has 0 radical (unpaired) electrons. The standard InChI is InChI=1S/C28H33O2S.C5H5.Fe/c1-3-4-5-7-12-23-17-19-26(20-18-23)28(25-15-10-11-16-25,24-13-8-6-9-14-24)31-22-21-27(29)30-2;1-2-4-5-3-1;/h6,8-11,13-20H,3-5,7,12,21-22H2,1-2H3;1-5H;. The van der Waals surface area contributed by atoms with Crippen LogP contribution in [0.4, 0.5) is 0 Å². The van der Waals surface area contributed by atoms with Crippen LogP contribution in [0.3, 0.4) is 0 Å². The second kappa shape index (κ2) is 3.12. The summed E-state index contributed by atoms with van der Waals surface area (Å²) in [5.41, 5.74) is 4.65. The molecular formula is C33H38FeO2S. The molecule has 5 atom stereocenters. The van der Waals surface area contributed by atoms with Crippen LogP contribution in [-0.2, 0) is 27.2 Å². The number of fused-ring (bicyclic) bond motifs is 10. The van der Waals surface area contributed by atoms with E-state index in [1.54, 1.807) is 18.2 Å². The van der Waals surface area contributed by atoms with Crippen LogP contribution in [0.1, 0.15) is 55.7 Å². The molecule has 0 aromatic heterocycles. The number of ether oxygens (including phenoxy) is 1. The normalized spacial score (nSPS) is 62.6. The summed E-state index contributed by atoms with van der Waals surface area (Å²) in [5.74, 6) is 0.820. The minimum absolute atomic E-state index is 0.0536. The molecule has 0 N–H and O–H groups in total. The van der Waals surface area contributed by atoms with Crippen molar-refractivity contribution in [3.05, 3.63) is 71.3 Å². The average molecular weight is 555 g/mol. The second-order valence-corrected chi connectivity index (χ2v) is 41.3. The summed E-state index contributed by atoms with van der Waals surface area (Å²) in [7, 11) is 1.54. The molecule has 12 rings (SSSR count). The summed E-state index contributed by atoms with van der Waals surface area (Å²) >= 11 is 2.18. The maximum atomic E-state index is 12.3. The third kappa shape index (κ3) is 0.529. The van der Waals surface area contributed by atoms with Crippen molar-refractivity contribution < 1.29 is 16.0 Å². The molecule has 10 saturated heterocycles. The van der Waals surface area contributed by atoms with Crippen LogP contribution in [0, 0.1) is 0 Å². The molecule has 10 fully saturated rings. The summed E-state index contributed by atoms with van der Waals surface area (Å²) in [6.07, 6.45) is 7.02. The van der Waals surface area contributed by atoms with Gasteiger partial charge in [0.1, 0.15) is 0 Å². The number of methoxy groups -OCH3 is 1. The Morgan fingerprint density at radius 1 is 0.865 bits per heavy atom. The number of carbonyl (C=O) groups is 1. The first-order valence-electron chi connectivity index (χ1n) is 15.0. The molecule has 0 aliphatic carbocycles. The predicted octanol–water partition coefficient (Wildman–Crippen LogP) is 9.11. The Labute approximate surface area is 215 Å².